The molecule has 0 spiro atoms. The number of hydrogen-bond acceptors (Lipinski definition) is 6. The lowest BCUT2D eigenvalue weighted by Gasteiger charge is -2.27. The lowest BCUT2D eigenvalue weighted by Crippen LogP contribution is -2.34. The summed E-state index contributed by atoms with van der Waals surface area (Å²) < 4.78 is 6.32. The van der Waals surface area contributed by atoms with Crippen molar-refractivity contribution < 1.29 is 9.84 Å². The molecule has 3 heterocycles. The first-order valence-corrected chi connectivity index (χ1v) is 11.8. The smallest absolute Gasteiger partial charge is 0.224 e. The molecule has 0 amide bonds. The monoisotopic (exact) mass is 412 g/mol. The van der Waals surface area contributed by atoms with E-state index in [1.54, 1.807) is 0 Å². The standard InChI is InChI=1S/C24H36N4O2/c1-3-4-16(2)13-22-26-15-21-23(28-22)20(17-5-7-18(29)8-6-17)14-27-24(21)30-19-9-11-25-12-10-19/h14-19,25,29H,3-13H2,1-2H3/t16-,17?,18?/m1/s1. The fraction of sp³-hybridized carbons (Fsp3) is 0.708. The zero-order chi connectivity index (χ0) is 20.9. The molecule has 4 rings (SSSR count). The molecular weight excluding hydrogens is 376 g/mol. The van der Waals surface area contributed by atoms with Gasteiger partial charge in [-0.3, -0.25) is 0 Å². The van der Waals surface area contributed by atoms with Crippen LogP contribution in [0.2, 0.25) is 0 Å². The highest BCUT2D eigenvalue weighted by Crippen LogP contribution is 2.37. The van der Waals surface area contributed by atoms with Gasteiger partial charge in [0.2, 0.25) is 5.88 Å². The fourth-order valence-electron chi connectivity index (χ4n) is 4.91. The summed E-state index contributed by atoms with van der Waals surface area (Å²) in [6.07, 6.45) is 12.9. The number of aromatic nitrogens is 3. The molecular formula is C24H36N4O2. The van der Waals surface area contributed by atoms with E-state index in [4.69, 9.17) is 19.7 Å². The molecule has 1 aliphatic carbocycles. The van der Waals surface area contributed by atoms with Crippen LogP contribution in [0.5, 0.6) is 5.88 Å². The normalized spacial score (nSPS) is 24.1. The molecule has 6 heteroatoms. The van der Waals surface area contributed by atoms with Gasteiger partial charge in [-0.2, -0.15) is 0 Å². The van der Waals surface area contributed by atoms with E-state index < -0.39 is 0 Å². The maximum absolute atomic E-state index is 9.94. The van der Waals surface area contributed by atoms with Crippen molar-refractivity contribution in [1.29, 1.82) is 0 Å². The Bertz CT molecular complexity index is 829. The first-order valence-electron chi connectivity index (χ1n) is 11.8. The number of aliphatic hydroxyl groups excluding tert-OH is 1. The van der Waals surface area contributed by atoms with E-state index in [1.165, 1.54) is 18.4 Å². The Balaban J connectivity index is 1.67. The summed E-state index contributed by atoms with van der Waals surface area (Å²) in [5, 5.41) is 14.3. The summed E-state index contributed by atoms with van der Waals surface area (Å²) in [4.78, 5) is 14.5. The molecule has 2 aliphatic rings. The van der Waals surface area contributed by atoms with Gasteiger partial charge < -0.3 is 15.2 Å². The minimum Gasteiger partial charge on any atom is -0.474 e. The maximum atomic E-state index is 9.94. The van der Waals surface area contributed by atoms with Crippen molar-refractivity contribution >= 4 is 10.9 Å². The number of nitrogens with zero attached hydrogens (tertiary/aromatic N) is 3. The first kappa shape index (κ1) is 21.4. The average Bonchev–Trinajstić information content (AvgIpc) is 2.75. The van der Waals surface area contributed by atoms with Crippen LogP contribution in [0.1, 0.15) is 82.5 Å². The lowest BCUT2D eigenvalue weighted by atomic mass is 9.82. The number of rotatable bonds is 7. The summed E-state index contributed by atoms with van der Waals surface area (Å²) >= 11 is 0. The van der Waals surface area contributed by atoms with Gasteiger partial charge in [0.05, 0.1) is 17.0 Å². The predicted molar refractivity (Wildman–Crippen MR) is 119 cm³/mol. The van der Waals surface area contributed by atoms with Gasteiger partial charge in [0, 0.05) is 24.4 Å². The summed E-state index contributed by atoms with van der Waals surface area (Å²) in [6.45, 7) is 6.48. The highest BCUT2D eigenvalue weighted by molar-refractivity contribution is 5.85. The third-order valence-corrected chi connectivity index (χ3v) is 6.68. The summed E-state index contributed by atoms with van der Waals surface area (Å²) in [5.74, 6) is 2.56. The second kappa shape index (κ2) is 10.0. The molecule has 2 N–H and O–H groups in total. The number of fused-ring (bicyclic) bond motifs is 1. The largest absolute Gasteiger partial charge is 0.474 e. The van der Waals surface area contributed by atoms with Gasteiger partial charge in [0.1, 0.15) is 11.9 Å². The van der Waals surface area contributed by atoms with Gasteiger partial charge in [0.15, 0.2) is 0 Å². The number of aliphatic hydroxyl groups is 1. The Morgan fingerprint density at radius 2 is 1.87 bits per heavy atom. The Hall–Kier alpha value is -1.79. The molecule has 1 aliphatic heterocycles. The van der Waals surface area contributed by atoms with Crippen molar-refractivity contribution in [3.63, 3.8) is 0 Å². The maximum Gasteiger partial charge on any atom is 0.224 e. The minimum absolute atomic E-state index is 0.164. The number of pyridine rings is 1. The van der Waals surface area contributed by atoms with E-state index in [1.807, 2.05) is 12.4 Å². The van der Waals surface area contributed by atoms with Crippen LogP contribution < -0.4 is 10.1 Å². The Morgan fingerprint density at radius 3 is 2.60 bits per heavy atom. The molecule has 0 radical (unpaired) electrons. The van der Waals surface area contributed by atoms with Crippen molar-refractivity contribution in [2.24, 2.45) is 5.92 Å². The van der Waals surface area contributed by atoms with Crippen molar-refractivity contribution in [2.75, 3.05) is 13.1 Å². The van der Waals surface area contributed by atoms with Crippen LogP contribution >= 0.6 is 0 Å². The Kier molecular flexibility index (Phi) is 7.16. The molecule has 1 atom stereocenters. The molecule has 1 saturated heterocycles. The second-order valence-corrected chi connectivity index (χ2v) is 9.24. The molecule has 30 heavy (non-hydrogen) atoms. The quantitative estimate of drug-likeness (QED) is 0.711. The van der Waals surface area contributed by atoms with Crippen molar-refractivity contribution in [3.05, 3.63) is 23.8 Å². The molecule has 1 saturated carbocycles. The molecule has 0 unspecified atom stereocenters. The second-order valence-electron chi connectivity index (χ2n) is 9.24. The van der Waals surface area contributed by atoms with Crippen LogP contribution in [0, 0.1) is 5.92 Å². The summed E-state index contributed by atoms with van der Waals surface area (Å²) in [5.41, 5.74) is 2.20. The Labute approximate surface area is 179 Å². The molecule has 2 fully saturated rings. The van der Waals surface area contributed by atoms with Crippen molar-refractivity contribution in [3.8, 4) is 5.88 Å². The van der Waals surface area contributed by atoms with Crippen LogP contribution in [0.4, 0.5) is 0 Å². The highest BCUT2D eigenvalue weighted by Gasteiger charge is 2.25. The van der Waals surface area contributed by atoms with Crippen molar-refractivity contribution in [1.82, 2.24) is 20.3 Å². The van der Waals surface area contributed by atoms with Crippen LogP contribution in [0.15, 0.2) is 12.4 Å². The molecule has 2 aromatic heterocycles. The van der Waals surface area contributed by atoms with E-state index in [9.17, 15) is 5.11 Å². The van der Waals surface area contributed by atoms with Gasteiger partial charge in [-0.1, -0.05) is 26.7 Å². The number of hydrogen-bond donors (Lipinski definition) is 2. The van der Waals surface area contributed by atoms with Crippen LogP contribution in [-0.4, -0.2) is 45.4 Å². The molecule has 2 aromatic rings. The highest BCUT2D eigenvalue weighted by atomic mass is 16.5. The van der Waals surface area contributed by atoms with E-state index in [-0.39, 0.29) is 12.2 Å². The SMILES string of the molecule is CCC[C@@H](C)Cc1ncc2c(OC3CCNCC3)ncc(C3CCC(O)CC3)c2n1. The third kappa shape index (κ3) is 5.09. The van der Waals surface area contributed by atoms with Gasteiger partial charge in [-0.15, -0.1) is 0 Å². The number of nitrogens with one attached hydrogen (secondary N) is 1. The summed E-state index contributed by atoms with van der Waals surface area (Å²) in [6, 6.07) is 0. The van der Waals surface area contributed by atoms with Crippen molar-refractivity contribution in [2.45, 2.75) is 89.8 Å². The van der Waals surface area contributed by atoms with Crippen LogP contribution in [0.3, 0.4) is 0 Å². The third-order valence-electron chi connectivity index (χ3n) is 6.68. The number of piperidine rings is 1. The van der Waals surface area contributed by atoms with Gasteiger partial charge >= 0.3 is 0 Å². The van der Waals surface area contributed by atoms with Crippen LogP contribution in [0.25, 0.3) is 10.9 Å². The number of ether oxygens (including phenoxy) is 1. The first-order chi connectivity index (χ1) is 14.6. The van der Waals surface area contributed by atoms with Gasteiger partial charge in [-0.25, -0.2) is 15.0 Å². The molecule has 0 bridgehead atoms. The lowest BCUT2D eigenvalue weighted by molar-refractivity contribution is 0.122. The molecule has 0 aromatic carbocycles. The van der Waals surface area contributed by atoms with E-state index in [0.717, 1.165) is 74.8 Å². The predicted octanol–water partition coefficient (Wildman–Crippen LogP) is 4.15. The molecule has 164 valence electrons. The van der Waals surface area contributed by atoms with Crippen LogP contribution in [-0.2, 0) is 6.42 Å². The van der Waals surface area contributed by atoms with E-state index >= 15 is 0 Å². The Morgan fingerprint density at radius 1 is 1.10 bits per heavy atom. The minimum atomic E-state index is -0.164. The average molecular weight is 413 g/mol. The topological polar surface area (TPSA) is 80.2 Å². The fourth-order valence-corrected chi connectivity index (χ4v) is 4.91. The van der Waals surface area contributed by atoms with Gasteiger partial charge in [0.25, 0.3) is 0 Å². The zero-order valence-corrected chi connectivity index (χ0v) is 18.4. The zero-order valence-electron chi connectivity index (χ0n) is 18.4. The molecule has 6 nitrogen and oxygen atoms in total. The van der Waals surface area contributed by atoms with Gasteiger partial charge in [-0.05, 0) is 63.5 Å². The van der Waals surface area contributed by atoms with E-state index in [0.29, 0.717) is 17.7 Å². The summed E-state index contributed by atoms with van der Waals surface area (Å²) in [7, 11) is 0. The van der Waals surface area contributed by atoms with E-state index in [2.05, 4.69) is 19.2 Å².